The zero-order valence-electron chi connectivity index (χ0n) is 23.3. The Hall–Kier alpha value is -5.87. The molecule has 0 atom stereocenters. The van der Waals surface area contributed by atoms with Gasteiger partial charge in [0.2, 0.25) is 0 Å². The molecule has 8 rings (SSSR count). The first-order valence-electron chi connectivity index (χ1n) is 14.4. The summed E-state index contributed by atoms with van der Waals surface area (Å²) >= 11 is 0. The van der Waals surface area contributed by atoms with Gasteiger partial charge in [0, 0.05) is 17.1 Å². The predicted octanol–water partition coefficient (Wildman–Crippen LogP) is 9.64. The summed E-state index contributed by atoms with van der Waals surface area (Å²) in [6.45, 7) is 0. The average molecular weight is 551 g/mol. The maximum absolute atomic E-state index is 5.11. The van der Waals surface area contributed by atoms with Gasteiger partial charge in [0.05, 0.1) is 33.6 Å². The van der Waals surface area contributed by atoms with Crippen LogP contribution in [-0.2, 0) is 0 Å². The smallest absolute Gasteiger partial charge is 0.138 e. The monoisotopic (exact) mass is 550 g/mol. The molecule has 0 unspecified atom stereocenters. The second kappa shape index (κ2) is 10.5. The Bertz CT molecular complexity index is 2180. The SMILES string of the molecule is c1ccc(-c2ccc(-c3cccc(-c4cccc(-n5c6ccccc6c6ncccc65)n4)n3)cc2-c2ccccc2)cc1. The predicted molar refractivity (Wildman–Crippen MR) is 176 cm³/mol. The van der Waals surface area contributed by atoms with Crippen LogP contribution in [0, 0.1) is 0 Å². The molecule has 0 spiro atoms. The highest BCUT2D eigenvalue weighted by Gasteiger charge is 2.15. The fraction of sp³-hybridized carbons (Fsp3) is 0. The lowest BCUT2D eigenvalue weighted by molar-refractivity contribution is 1.08. The molecule has 0 fully saturated rings. The van der Waals surface area contributed by atoms with Crippen LogP contribution < -0.4 is 0 Å². The van der Waals surface area contributed by atoms with Gasteiger partial charge in [-0.1, -0.05) is 103 Å². The molecule has 4 aromatic carbocycles. The van der Waals surface area contributed by atoms with E-state index in [-0.39, 0.29) is 0 Å². The number of hydrogen-bond donors (Lipinski definition) is 0. The normalized spacial score (nSPS) is 11.3. The molecule has 0 radical (unpaired) electrons. The van der Waals surface area contributed by atoms with Crippen molar-refractivity contribution < 1.29 is 0 Å². The highest BCUT2D eigenvalue weighted by Crippen LogP contribution is 2.36. The van der Waals surface area contributed by atoms with Gasteiger partial charge in [-0.2, -0.15) is 0 Å². The summed E-state index contributed by atoms with van der Waals surface area (Å²) in [5, 5.41) is 1.11. The molecule has 4 heterocycles. The van der Waals surface area contributed by atoms with E-state index < -0.39 is 0 Å². The zero-order valence-corrected chi connectivity index (χ0v) is 23.3. The third-order valence-electron chi connectivity index (χ3n) is 7.89. The van der Waals surface area contributed by atoms with Gasteiger partial charge in [-0.15, -0.1) is 0 Å². The van der Waals surface area contributed by atoms with Crippen molar-refractivity contribution in [3.63, 3.8) is 0 Å². The van der Waals surface area contributed by atoms with Crippen LogP contribution in [0.25, 0.3) is 72.7 Å². The fourth-order valence-corrected chi connectivity index (χ4v) is 5.89. The molecule has 8 aromatic rings. The van der Waals surface area contributed by atoms with Crippen molar-refractivity contribution >= 4 is 21.9 Å². The summed E-state index contributed by atoms with van der Waals surface area (Å²) in [6, 6.07) is 52.4. The van der Waals surface area contributed by atoms with Gasteiger partial charge in [-0.3, -0.25) is 9.55 Å². The topological polar surface area (TPSA) is 43.6 Å². The first kappa shape index (κ1) is 24.9. The number of benzene rings is 4. The molecule has 0 N–H and O–H groups in total. The number of pyridine rings is 3. The lowest BCUT2D eigenvalue weighted by atomic mass is 9.92. The number of para-hydroxylation sites is 1. The van der Waals surface area contributed by atoms with E-state index >= 15 is 0 Å². The lowest BCUT2D eigenvalue weighted by Gasteiger charge is -2.13. The molecule has 4 nitrogen and oxygen atoms in total. The largest absolute Gasteiger partial charge is 0.292 e. The molecular formula is C39H26N4. The highest BCUT2D eigenvalue weighted by atomic mass is 15.1. The Morgan fingerprint density at radius 1 is 0.419 bits per heavy atom. The van der Waals surface area contributed by atoms with Crippen molar-refractivity contribution in [1.29, 1.82) is 0 Å². The van der Waals surface area contributed by atoms with Crippen molar-refractivity contribution in [2.75, 3.05) is 0 Å². The lowest BCUT2D eigenvalue weighted by Crippen LogP contribution is -1.99. The van der Waals surface area contributed by atoms with Crippen LogP contribution in [0.4, 0.5) is 0 Å². The van der Waals surface area contributed by atoms with E-state index in [2.05, 4.69) is 131 Å². The Labute approximate surface area is 249 Å². The van der Waals surface area contributed by atoms with Crippen LogP contribution >= 0.6 is 0 Å². The van der Waals surface area contributed by atoms with Crippen molar-refractivity contribution in [3.05, 3.63) is 158 Å². The van der Waals surface area contributed by atoms with Crippen LogP contribution in [0.2, 0.25) is 0 Å². The van der Waals surface area contributed by atoms with Gasteiger partial charge < -0.3 is 0 Å². The Morgan fingerprint density at radius 2 is 1.07 bits per heavy atom. The molecule has 0 amide bonds. The van der Waals surface area contributed by atoms with E-state index in [1.165, 1.54) is 22.3 Å². The summed E-state index contributed by atoms with van der Waals surface area (Å²) in [7, 11) is 0. The minimum Gasteiger partial charge on any atom is -0.292 e. The number of fused-ring (bicyclic) bond motifs is 3. The number of hydrogen-bond acceptors (Lipinski definition) is 3. The van der Waals surface area contributed by atoms with Gasteiger partial charge >= 0.3 is 0 Å². The fourth-order valence-electron chi connectivity index (χ4n) is 5.89. The Morgan fingerprint density at radius 3 is 1.88 bits per heavy atom. The number of rotatable bonds is 5. The molecule has 0 bridgehead atoms. The number of nitrogens with zero attached hydrogens (tertiary/aromatic N) is 4. The molecule has 0 aliphatic carbocycles. The van der Waals surface area contributed by atoms with Crippen LogP contribution in [0.1, 0.15) is 0 Å². The van der Waals surface area contributed by atoms with E-state index in [0.717, 1.165) is 50.4 Å². The molecule has 0 aliphatic rings. The quantitative estimate of drug-likeness (QED) is 0.214. The van der Waals surface area contributed by atoms with Crippen LogP contribution in [0.15, 0.2) is 158 Å². The van der Waals surface area contributed by atoms with Crippen LogP contribution in [0.3, 0.4) is 0 Å². The van der Waals surface area contributed by atoms with Crippen molar-refractivity contribution in [1.82, 2.24) is 19.5 Å². The van der Waals surface area contributed by atoms with Gasteiger partial charge in [0.25, 0.3) is 0 Å². The summed E-state index contributed by atoms with van der Waals surface area (Å²) in [6.07, 6.45) is 1.84. The van der Waals surface area contributed by atoms with E-state index in [0.29, 0.717) is 0 Å². The summed E-state index contributed by atoms with van der Waals surface area (Å²) in [5.41, 5.74) is 11.4. The van der Waals surface area contributed by atoms with Crippen LogP contribution in [0.5, 0.6) is 0 Å². The third-order valence-corrected chi connectivity index (χ3v) is 7.89. The minimum atomic E-state index is 0.818. The first-order chi connectivity index (χ1) is 21.3. The molecule has 43 heavy (non-hydrogen) atoms. The van der Waals surface area contributed by atoms with Gasteiger partial charge in [0.15, 0.2) is 0 Å². The maximum Gasteiger partial charge on any atom is 0.138 e. The van der Waals surface area contributed by atoms with Gasteiger partial charge in [-0.05, 0) is 70.8 Å². The summed E-state index contributed by atoms with van der Waals surface area (Å²) in [4.78, 5) is 14.9. The Balaban J connectivity index is 1.23. The third kappa shape index (κ3) is 4.46. The first-order valence-corrected chi connectivity index (χ1v) is 14.4. The summed E-state index contributed by atoms with van der Waals surface area (Å²) in [5.74, 6) is 0.836. The molecule has 0 saturated heterocycles. The Kier molecular flexibility index (Phi) is 6.08. The van der Waals surface area contributed by atoms with Crippen molar-refractivity contribution in [2.24, 2.45) is 0 Å². The number of aromatic nitrogens is 4. The van der Waals surface area contributed by atoms with E-state index in [1.54, 1.807) is 0 Å². The van der Waals surface area contributed by atoms with Crippen molar-refractivity contribution in [2.45, 2.75) is 0 Å². The van der Waals surface area contributed by atoms with Crippen LogP contribution in [-0.4, -0.2) is 19.5 Å². The molecule has 4 heteroatoms. The second-order valence-corrected chi connectivity index (χ2v) is 10.5. The average Bonchev–Trinajstić information content (AvgIpc) is 3.43. The molecular weight excluding hydrogens is 524 g/mol. The molecule has 4 aromatic heterocycles. The minimum absolute atomic E-state index is 0.818. The maximum atomic E-state index is 5.11. The molecule has 202 valence electrons. The highest BCUT2D eigenvalue weighted by molar-refractivity contribution is 6.06. The van der Waals surface area contributed by atoms with E-state index in [1.807, 2.05) is 36.5 Å². The van der Waals surface area contributed by atoms with Gasteiger partial charge in [0.1, 0.15) is 5.82 Å². The molecule has 0 aliphatic heterocycles. The van der Waals surface area contributed by atoms with E-state index in [9.17, 15) is 0 Å². The van der Waals surface area contributed by atoms with Gasteiger partial charge in [-0.25, -0.2) is 9.97 Å². The van der Waals surface area contributed by atoms with Crippen molar-refractivity contribution in [3.8, 4) is 50.7 Å². The summed E-state index contributed by atoms with van der Waals surface area (Å²) < 4.78 is 2.18. The molecule has 0 saturated carbocycles. The van der Waals surface area contributed by atoms with E-state index in [4.69, 9.17) is 9.97 Å². The standard InChI is InChI=1S/C39H26N4/c1-3-12-27(13-4-1)30-24-23-29(26-32(30)28-14-5-2-6-15-28)33-17-9-18-34(41-33)35-19-10-22-38(42-35)43-36-20-8-7-16-31(36)39-37(43)21-11-25-40-39/h1-26H. The second-order valence-electron chi connectivity index (χ2n) is 10.5. The zero-order chi connectivity index (χ0) is 28.6.